The Balaban J connectivity index is 1.88. The number of likely N-dealkylation sites (tertiary alicyclic amines) is 1. The normalized spacial score (nSPS) is 23.3. The highest BCUT2D eigenvalue weighted by Crippen LogP contribution is 2.40. The van der Waals surface area contributed by atoms with Gasteiger partial charge in [0.15, 0.2) is 5.84 Å². The van der Waals surface area contributed by atoms with E-state index in [0.29, 0.717) is 5.56 Å². The summed E-state index contributed by atoms with van der Waals surface area (Å²) in [4.78, 5) is 35.3. The molecule has 1 aromatic heterocycles. The van der Waals surface area contributed by atoms with Crippen molar-refractivity contribution in [3.63, 3.8) is 0 Å². The van der Waals surface area contributed by atoms with Crippen molar-refractivity contribution in [3.8, 4) is 0 Å². The van der Waals surface area contributed by atoms with Crippen LogP contribution in [0, 0.1) is 11.6 Å². The molecule has 1 saturated heterocycles. The molecule has 0 radical (unpaired) electrons. The van der Waals surface area contributed by atoms with Crippen LogP contribution < -0.4 is 5.32 Å². The van der Waals surface area contributed by atoms with Crippen LogP contribution in [-0.2, 0) is 24.6 Å². The fourth-order valence-corrected chi connectivity index (χ4v) is 4.59. The summed E-state index contributed by atoms with van der Waals surface area (Å²) in [5, 5.41) is 2.95. The van der Waals surface area contributed by atoms with Gasteiger partial charge in [-0.3, -0.25) is 9.69 Å². The first-order valence-corrected chi connectivity index (χ1v) is 11.2. The number of ether oxygens (including phenoxy) is 2. The van der Waals surface area contributed by atoms with E-state index in [4.69, 9.17) is 9.47 Å². The number of benzene rings is 1. The third kappa shape index (κ3) is 5.19. The summed E-state index contributed by atoms with van der Waals surface area (Å²) in [7, 11) is 2.26. The molecule has 1 N–H and O–H groups in total. The minimum atomic E-state index is -3.17. The Morgan fingerprint density at radius 2 is 1.76 bits per heavy atom. The third-order valence-electron chi connectivity index (χ3n) is 6.36. The van der Waals surface area contributed by atoms with Crippen molar-refractivity contribution >= 4 is 17.8 Å². The summed E-state index contributed by atoms with van der Waals surface area (Å²) < 4.78 is 65.7. The molecule has 2 aliphatic heterocycles. The third-order valence-corrected chi connectivity index (χ3v) is 6.36. The number of carbonyl (C=O) groups is 2. The number of amidine groups is 1. The molecule has 0 spiro atoms. The second kappa shape index (κ2) is 9.92. The fraction of sp³-hybridized carbons (Fsp3) is 0.360. The number of carbonyl (C=O) groups excluding carboxylic acids is 2. The summed E-state index contributed by atoms with van der Waals surface area (Å²) in [6, 6.07) is 6.50. The summed E-state index contributed by atoms with van der Waals surface area (Å²) in [6.45, 7) is 0.505. The Hall–Kier alpha value is -3.80. The first-order chi connectivity index (χ1) is 17.5. The lowest BCUT2D eigenvalue weighted by molar-refractivity contribution is -0.146. The van der Waals surface area contributed by atoms with Gasteiger partial charge in [-0.15, -0.1) is 0 Å². The molecule has 37 heavy (non-hydrogen) atoms. The Morgan fingerprint density at radius 3 is 2.35 bits per heavy atom. The topological polar surface area (TPSA) is 93.1 Å². The van der Waals surface area contributed by atoms with Crippen molar-refractivity contribution in [2.75, 3.05) is 27.3 Å². The van der Waals surface area contributed by atoms with Crippen molar-refractivity contribution in [2.45, 2.75) is 30.8 Å². The van der Waals surface area contributed by atoms with Crippen LogP contribution in [0.15, 0.2) is 58.9 Å². The van der Waals surface area contributed by atoms with Gasteiger partial charge < -0.3 is 14.8 Å². The van der Waals surface area contributed by atoms with Gasteiger partial charge in [0.25, 0.3) is 5.92 Å². The molecule has 0 saturated carbocycles. The van der Waals surface area contributed by atoms with Gasteiger partial charge in [-0.2, -0.15) is 0 Å². The van der Waals surface area contributed by atoms with Crippen molar-refractivity contribution in [1.29, 1.82) is 0 Å². The molecule has 2 aliphatic rings. The number of rotatable bonds is 6. The molecule has 4 rings (SSSR count). The number of alkyl halides is 2. The molecule has 8 nitrogen and oxygen atoms in total. The molecule has 2 unspecified atom stereocenters. The molecular formula is C25H24F4N4O4. The lowest BCUT2D eigenvalue weighted by Crippen LogP contribution is -2.47. The average molecular weight is 520 g/mol. The van der Waals surface area contributed by atoms with Gasteiger partial charge in [0, 0.05) is 18.7 Å². The van der Waals surface area contributed by atoms with E-state index in [-0.39, 0.29) is 29.3 Å². The van der Waals surface area contributed by atoms with Gasteiger partial charge in [-0.25, -0.2) is 32.3 Å². The maximum atomic E-state index is 14.4. The maximum Gasteiger partial charge on any atom is 0.338 e. The van der Waals surface area contributed by atoms with Crippen LogP contribution in [0.3, 0.4) is 0 Å². The quantitative estimate of drug-likeness (QED) is 0.463. The first-order valence-electron chi connectivity index (χ1n) is 11.2. The Bertz CT molecular complexity index is 1260. The van der Waals surface area contributed by atoms with Crippen molar-refractivity contribution in [3.05, 3.63) is 76.8 Å². The summed E-state index contributed by atoms with van der Waals surface area (Å²) in [5.41, 5.74) is -0.820. The Labute approximate surface area is 210 Å². The summed E-state index contributed by atoms with van der Waals surface area (Å²) in [6.07, 6.45) is 0.221. The van der Waals surface area contributed by atoms with Gasteiger partial charge in [0.05, 0.1) is 32.5 Å². The van der Waals surface area contributed by atoms with Crippen LogP contribution in [0.5, 0.6) is 0 Å². The van der Waals surface area contributed by atoms with Crippen LogP contribution in [0.1, 0.15) is 24.6 Å². The van der Waals surface area contributed by atoms with Crippen LogP contribution in [0.25, 0.3) is 0 Å². The number of nitrogens with zero attached hydrogens (tertiary/aromatic N) is 3. The van der Waals surface area contributed by atoms with Crippen molar-refractivity contribution in [2.24, 2.45) is 4.99 Å². The van der Waals surface area contributed by atoms with E-state index >= 15 is 0 Å². The number of hydrogen-bond donors (Lipinski definition) is 1. The van der Waals surface area contributed by atoms with Crippen LogP contribution in [-0.4, -0.2) is 66.9 Å². The highest BCUT2D eigenvalue weighted by molar-refractivity contribution is 6.03. The zero-order valence-corrected chi connectivity index (χ0v) is 20.2. The van der Waals surface area contributed by atoms with E-state index in [1.54, 1.807) is 6.92 Å². The molecule has 0 aliphatic carbocycles. The van der Waals surface area contributed by atoms with Crippen LogP contribution in [0.2, 0.25) is 0 Å². The molecule has 2 aromatic rings. The number of methoxy groups -OCH3 is 2. The predicted molar refractivity (Wildman–Crippen MR) is 124 cm³/mol. The van der Waals surface area contributed by atoms with E-state index in [1.807, 2.05) is 0 Å². The molecule has 1 aromatic carbocycles. The highest BCUT2D eigenvalue weighted by atomic mass is 19.3. The smallest absolute Gasteiger partial charge is 0.338 e. The van der Waals surface area contributed by atoms with Crippen LogP contribution >= 0.6 is 0 Å². The largest absolute Gasteiger partial charge is 0.468 e. The van der Waals surface area contributed by atoms with Crippen molar-refractivity contribution < 1.29 is 36.6 Å². The predicted octanol–water partition coefficient (Wildman–Crippen LogP) is 2.93. The van der Waals surface area contributed by atoms with E-state index in [0.717, 1.165) is 26.5 Å². The molecule has 12 heteroatoms. The Kier molecular flexibility index (Phi) is 7.05. The maximum absolute atomic E-state index is 14.4. The number of nitrogens with one attached hydrogen (secondary N) is 1. The standard InChI is InChI=1S/C25H24F4N4O4/c1-24(14-4-6-15(26)7-5-14)20(23(35)37-3)18(31-21(32-24)17-9-8-16(27)11-30-17)12-33-13-25(28,29)10-19(33)22(34)36-2/h4-9,11,19H,10,12-13H2,1-3H3,(H,31,32). The fourth-order valence-electron chi connectivity index (χ4n) is 4.59. The lowest BCUT2D eigenvalue weighted by Gasteiger charge is -2.36. The molecule has 0 amide bonds. The van der Waals surface area contributed by atoms with E-state index in [1.165, 1.54) is 35.2 Å². The number of halogens is 4. The van der Waals surface area contributed by atoms with Crippen LogP contribution in [0.4, 0.5) is 17.6 Å². The van der Waals surface area contributed by atoms with Gasteiger partial charge in [0.1, 0.15) is 28.9 Å². The van der Waals surface area contributed by atoms with Gasteiger partial charge in [0.2, 0.25) is 0 Å². The summed E-state index contributed by atoms with van der Waals surface area (Å²) >= 11 is 0. The van der Waals surface area contributed by atoms with E-state index < -0.39 is 54.0 Å². The minimum absolute atomic E-state index is 0.0358. The second-order valence-electron chi connectivity index (χ2n) is 8.88. The van der Waals surface area contributed by atoms with Gasteiger partial charge in [-0.05, 0) is 36.8 Å². The number of hydrogen-bond acceptors (Lipinski definition) is 8. The molecular weight excluding hydrogens is 496 g/mol. The van der Waals surface area contributed by atoms with Gasteiger partial charge in [-0.1, -0.05) is 12.1 Å². The van der Waals surface area contributed by atoms with E-state index in [2.05, 4.69) is 15.3 Å². The number of pyridine rings is 1. The molecule has 3 heterocycles. The average Bonchev–Trinajstić information content (AvgIpc) is 3.17. The number of aromatic nitrogens is 1. The van der Waals surface area contributed by atoms with E-state index in [9.17, 15) is 27.2 Å². The lowest BCUT2D eigenvalue weighted by atomic mass is 9.82. The van der Waals surface area contributed by atoms with Gasteiger partial charge >= 0.3 is 11.9 Å². The zero-order valence-electron chi connectivity index (χ0n) is 20.2. The summed E-state index contributed by atoms with van der Waals surface area (Å²) in [5.74, 6) is -5.83. The molecule has 2 atom stereocenters. The Morgan fingerprint density at radius 1 is 1.08 bits per heavy atom. The SMILES string of the molecule is COC(=O)C1=C(CN2CC(F)(F)CC2C(=O)OC)NC(c2ccc(F)cn2)=NC1(C)c1ccc(F)cc1. The molecule has 1 fully saturated rings. The van der Waals surface area contributed by atoms with Crippen molar-refractivity contribution in [1.82, 2.24) is 15.2 Å². The highest BCUT2D eigenvalue weighted by Gasteiger charge is 2.50. The molecule has 196 valence electrons. The number of esters is 2. The zero-order chi connectivity index (χ0) is 27.0. The second-order valence-corrected chi connectivity index (χ2v) is 8.88. The monoisotopic (exact) mass is 520 g/mol. The molecule has 0 bridgehead atoms. The minimum Gasteiger partial charge on any atom is -0.468 e. The first kappa shape index (κ1) is 26.3. The number of aliphatic imine (C=N–C) groups is 1.